The molecule has 0 unspecified atom stereocenters. The minimum absolute atomic E-state index is 0.167. The van der Waals surface area contributed by atoms with E-state index in [-0.39, 0.29) is 5.82 Å². The zero-order valence-electron chi connectivity index (χ0n) is 12.7. The molecule has 118 valence electrons. The number of hydrogen-bond acceptors (Lipinski definition) is 5. The molecule has 5 nitrogen and oxygen atoms in total. The molecule has 1 fully saturated rings. The number of aryl methyl sites for hydroxylation is 1. The van der Waals surface area contributed by atoms with Crippen molar-refractivity contribution in [3.05, 3.63) is 35.6 Å². The van der Waals surface area contributed by atoms with Crippen molar-refractivity contribution in [2.24, 2.45) is 7.05 Å². The molecule has 3 rings (SSSR count). The van der Waals surface area contributed by atoms with Gasteiger partial charge < -0.3 is 4.90 Å². The summed E-state index contributed by atoms with van der Waals surface area (Å²) >= 11 is 1.77. The van der Waals surface area contributed by atoms with E-state index in [1.165, 1.54) is 17.7 Å². The Kier molecular flexibility index (Phi) is 5.04. The average Bonchev–Trinajstić information content (AvgIpc) is 2.93. The molecule has 0 atom stereocenters. The molecular weight excluding hydrogens is 301 g/mol. The third-order valence-electron chi connectivity index (χ3n) is 4.02. The number of thioether (sulfide) groups is 1. The maximum absolute atomic E-state index is 12.9. The monoisotopic (exact) mass is 321 g/mol. The lowest BCUT2D eigenvalue weighted by Gasteiger charge is -2.31. The van der Waals surface area contributed by atoms with Gasteiger partial charge in [-0.1, -0.05) is 23.9 Å². The van der Waals surface area contributed by atoms with E-state index in [9.17, 15) is 4.39 Å². The second-order valence-electron chi connectivity index (χ2n) is 5.62. The molecule has 0 saturated carbocycles. The summed E-state index contributed by atoms with van der Waals surface area (Å²) in [6, 6.07) is 6.82. The van der Waals surface area contributed by atoms with Gasteiger partial charge >= 0.3 is 0 Å². The normalized spacial score (nSPS) is 17.0. The summed E-state index contributed by atoms with van der Waals surface area (Å²) in [5.74, 6) is -0.167. The molecule has 1 aliphatic heterocycles. The highest BCUT2D eigenvalue weighted by molar-refractivity contribution is 7.99. The third-order valence-corrected chi connectivity index (χ3v) is 5.38. The Balaban J connectivity index is 1.42. The van der Waals surface area contributed by atoms with Crippen LogP contribution in [0.5, 0.6) is 0 Å². The summed E-state index contributed by atoms with van der Waals surface area (Å²) in [5, 5.41) is 13.1. The number of likely N-dealkylation sites (tertiary alicyclic amines) is 1. The number of tetrazole rings is 1. The van der Waals surface area contributed by atoms with Crippen molar-refractivity contribution < 1.29 is 4.39 Å². The Hall–Kier alpha value is -1.47. The summed E-state index contributed by atoms with van der Waals surface area (Å²) in [6.07, 6.45) is 3.28. The van der Waals surface area contributed by atoms with Crippen LogP contribution in [0.1, 0.15) is 18.4 Å². The predicted molar refractivity (Wildman–Crippen MR) is 84.2 cm³/mol. The molecule has 1 aromatic carbocycles. The van der Waals surface area contributed by atoms with Crippen LogP contribution >= 0.6 is 11.8 Å². The number of aromatic nitrogens is 4. The average molecular weight is 321 g/mol. The molecular formula is C15H20FN5S. The number of piperidine rings is 1. The van der Waals surface area contributed by atoms with Crippen LogP contribution in [-0.2, 0) is 13.5 Å². The molecule has 0 N–H and O–H groups in total. The van der Waals surface area contributed by atoms with Crippen LogP contribution in [0.15, 0.2) is 29.4 Å². The SMILES string of the molecule is Cn1nnnc1SC1CCN(CCc2ccc(F)cc2)CC1. The summed E-state index contributed by atoms with van der Waals surface area (Å²) in [7, 11) is 1.88. The minimum atomic E-state index is -0.167. The Labute approximate surface area is 133 Å². The smallest absolute Gasteiger partial charge is 0.209 e. The largest absolute Gasteiger partial charge is 0.303 e. The molecule has 0 bridgehead atoms. The van der Waals surface area contributed by atoms with E-state index < -0.39 is 0 Å². The van der Waals surface area contributed by atoms with E-state index in [0.717, 1.165) is 44.1 Å². The van der Waals surface area contributed by atoms with Crippen molar-refractivity contribution in [3.8, 4) is 0 Å². The van der Waals surface area contributed by atoms with Crippen LogP contribution in [0.4, 0.5) is 4.39 Å². The van der Waals surface area contributed by atoms with Crippen LogP contribution in [-0.4, -0.2) is 50.0 Å². The highest BCUT2D eigenvalue weighted by Crippen LogP contribution is 2.28. The quantitative estimate of drug-likeness (QED) is 0.844. The van der Waals surface area contributed by atoms with Gasteiger partial charge in [-0.15, -0.1) is 5.10 Å². The zero-order chi connectivity index (χ0) is 15.4. The topological polar surface area (TPSA) is 46.8 Å². The Morgan fingerprint density at radius 2 is 1.95 bits per heavy atom. The fourth-order valence-electron chi connectivity index (χ4n) is 2.66. The van der Waals surface area contributed by atoms with Crippen molar-refractivity contribution in [1.82, 2.24) is 25.1 Å². The number of rotatable bonds is 5. The highest BCUT2D eigenvalue weighted by atomic mass is 32.2. The fraction of sp³-hybridized carbons (Fsp3) is 0.533. The van der Waals surface area contributed by atoms with Crippen molar-refractivity contribution in [2.75, 3.05) is 19.6 Å². The molecule has 2 heterocycles. The molecule has 0 spiro atoms. The first-order valence-electron chi connectivity index (χ1n) is 7.56. The standard InChI is InChI=1S/C15H20FN5S/c1-20-15(17-18-19-20)22-14-7-10-21(11-8-14)9-6-12-2-4-13(16)5-3-12/h2-5,14H,6-11H2,1H3. The Morgan fingerprint density at radius 1 is 1.23 bits per heavy atom. The van der Waals surface area contributed by atoms with E-state index in [1.54, 1.807) is 16.4 Å². The first kappa shape index (κ1) is 15.4. The van der Waals surface area contributed by atoms with Gasteiger partial charge in [0.1, 0.15) is 5.82 Å². The molecule has 0 aliphatic carbocycles. The maximum atomic E-state index is 12.9. The molecule has 1 aliphatic rings. The van der Waals surface area contributed by atoms with Crippen LogP contribution in [0, 0.1) is 5.82 Å². The number of halogens is 1. The van der Waals surface area contributed by atoms with Gasteiger partial charge in [0.15, 0.2) is 0 Å². The highest BCUT2D eigenvalue weighted by Gasteiger charge is 2.21. The van der Waals surface area contributed by atoms with E-state index >= 15 is 0 Å². The summed E-state index contributed by atoms with van der Waals surface area (Å²) in [5.41, 5.74) is 1.20. The molecule has 1 aromatic heterocycles. The van der Waals surface area contributed by atoms with Crippen LogP contribution in [0.2, 0.25) is 0 Å². The minimum Gasteiger partial charge on any atom is -0.303 e. The lowest BCUT2D eigenvalue weighted by Crippen LogP contribution is -2.36. The van der Waals surface area contributed by atoms with E-state index in [2.05, 4.69) is 20.4 Å². The molecule has 0 amide bonds. The number of benzene rings is 1. The van der Waals surface area contributed by atoms with Crippen molar-refractivity contribution in [1.29, 1.82) is 0 Å². The van der Waals surface area contributed by atoms with Gasteiger partial charge in [-0.05, 0) is 60.5 Å². The molecule has 1 saturated heterocycles. The van der Waals surface area contributed by atoms with E-state index in [1.807, 2.05) is 19.2 Å². The van der Waals surface area contributed by atoms with Gasteiger partial charge in [-0.3, -0.25) is 0 Å². The molecule has 0 radical (unpaired) electrons. The summed E-state index contributed by atoms with van der Waals surface area (Å²) in [4.78, 5) is 2.48. The molecule has 7 heteroatoms. The van der Waals surface area contributed by atoms with Crippen molar-refractivity contribution >= 4 is 11.8 Å². The second-order valence-corrected chi connectivity index (χ2v) is 6.89. The first-order chi connectivity index (χ1) is 10.7. The van der Waals surface area contributed by atoms with Gasteiger partial charge in [0.2, 0.25) is 5.16 Å². The van der Waals surface area contributed by atoms with Crippen LogP contribution in [0.25, 0.3) is 0 Å². The van der Waals surface area contributed by atoms with Crippen LogP contribution in [0.3, 0.4) is 0 Å². The lowest BCUT2D eigenvalue weighted by atomic mass is 10.1. The Bertz CT molecular complexity index is 592. The first-order valence-corrected chi connectivity index (χ1v) is 8.44. The van der Waals surface area contributed by atoms with Gasteiger partial charge in [-0.2, -0.15) is 0 Å². The predicted octanol–water partition coefficient (Wildman–Crippen LogP) is 2.15. The number of hydrogen-bond donors (Lipinski definition) is 0. The van der Waals surface area contributed by atoms with Gasteiger partial charge in [0.25, 0.3) is 0 Å². The lowest BCUT2D eigenvalue weighted by molar-refractivity contribution is 0.235. The maximum Gasteiger partial charge on any atom is 0.209 e. The van der Waals surface area contributed by atoms with E-state index in [0.29, 0.717) is 5.25 Å². The third kappa shape index (κ3) is 4.04. The van der Waals surface area contributed by atoms with Crippen molar-refractivity contribution in [2.45, 2.75) is 29.7 Å². The van der Waals surface area contributed by atoms with Gasteiger partial charge in [-0.25, -0.2) is 9.07 Å². The second kappa shape index (κ2) is 7.19. The van der Waals surface area contributed by atoms with Gasteiger partial charge in [0, 0.05) is 18.8 Å². The van der Waals surface area contributed by atoms with E-state index in [4.69, 9.17) is 0 Å². The molecule has 22 heavy (non-hydrogen) atoms. The van der Waals surface area contributed by atoms with Crippen molar-refractivity contribution in [3.63, 3.8) is 0 Å². The van der Waals surface area contributed by atoms with Gasteiger partial charge in [0.05, 0.1) is 0 Å². The number of nitrogens with zero attached hydrogens (tertiary/aromatic N) is 5. The fourth-order valence-corrected chi connectivity index (χ4v) is 3.68. The zero-order valence-corrected chi connectivity index (χ0v) is 13.5. The molecule has 2 aromatic rings. The van der Waals surface area contributed by atoms with Crippen LogP contribution < -0.4 is 0 Å². The summed E-state index contributed by atoms with van der Waals surface area (Å²) in [6.45, 7) is 3.24. The Morgan fingerprint density at radius 3 is 2.59 bits per heavy atom. The summed E-state index contributed by atoms with van der Waals surface area (Å²) < 4.78 is 14.6.